The van der Waals surface area contributed by atoms with E-state index in [0.717, 1.165) is 12.8 Å². The average molecular weight is 339 g/mol. The molecule has 0 bridgehead atoms. The third kappa shape index (κ3) is 3.26. The number of rotatable bonds is 4. The Morgan fingerprint density at radius 1 is 1.24 bits per heavy atom. The lowest BCUT2D eigenvalue weighted by molar-refractivity contribution is -0.129. The Kier molecular flexibility index (Phi) is 4.21. The summed E-state index contributed by atoms with van der Waals surface area (Å²) in [5, 5.41) is 7.00. The lowest BCUT2D eigenvalue weighted by Gasteiger charge is -2.23. The molecule has 7 heteroatoms. The number of hydrogen-bond acceptors (Lipinski definition) is 4. The van der Waals surface area contributed by atoms with Gasteiger partial charge in [-0.25, -0.2) is 9.67 Å². The smallest absolute Gasteiger partial charge is 0.229 e. The van der Waals surface area contributed by atoms with E-state index in [1.54, 1.807) is 29.2 Å². The molecule has 2 aromatic heterocycles. The lowest BCUT2D eigenvalue weighted by atomic mass is 10.1. The highest BCUT2D eigenvalue weighted by atomic mass is 16.2. The zero-order valence-electron chi connectivity index (χ0n) is 14.0. The molecule has 2 aromatic rings. The van der Waals surface area contributed by atoms with Crippen LogP contribution >= 0.6 is 0 Å². The molecule has 2 fully saturated rings. The lowest BCUT2D eigenvalue weighted by Crippen LogP contribution is -2.35. The summed E-state index contributed by atoms with van der Waals surface area (Å²) in [7, 11) is 0. The Balaban J connectivity index is 1.38. The van der Waals surface area contributed by atoms with Gasteiger partial charge >= 0.3 is 0 Å². The second-order valence-corrected chi connectivity index (χ2v) is 6.73. The van der Waals surface area contributed by atoms with Gasteiger partial charge < -0.3 is 10.2 Å². The Hall–Kier alpha value is -2.70. The number of carbonyl (C=O) groups is 2. The summed E-state index contributed by atoms with van der Waals surface area (Å²) in [4.78, 5) is 30.9. The summed E-state index contributed by atoms with van der Waals surface area (Å²) < 4.78 is 1.65. The maximum atomic E-state index is 12.5. The fourth-order valence-electron chi connectivity index (χ4n) is 3.72. The van der Waals surface area contributed by atoms with Gasteiger partial charge in [0.1, 0.15) is 0 Å². The monoisotopic (exact) mass is 339 g/mol. The first kappa shape index (κ1) is 15.8. The van der Waals surface area contributed by atoms with Crippen LogP contribution in [0.4, 0.5) is 5.69 Å². The SMILES string of the molecule is O=C(Nc1ccc(-n2cccn2)nc1)C1CC(=O)N(C2CCCC2)C1. The Bertz CT molecular complexity index is 750. The number of pyridine rings is 1. The highest BCUT2D eigenvalue weighted by Gasteiger charge is 2.38. The number of hydrogen-bond donors (Lipinski definition) is 1. The fraction of sp³-hybridized carbons (Fsp3) is 0.444. The third-order valence-electron chi connectivity index (χ3n) is 5.05. The van der Waals surface area contributed by atoms with E-state index in [9.17, 15) is 9.59 Å². The number of nitrogens with zero attached hydrogens (tertiary/aromatic N) is 4. The van der Waals surface area contributed by atoms with Gasteiger partial charge in [-0.15, -0.1) is 0 Å². The summed E-state index contributed by atoms with van der Waals surface area (Å²) in [6.45, 7) is 0.536. The highest BCUT2D eigenvalue weighted by Crippen LogP contribution is 2.29. The number of likely N-dealkylation sites (tertiary alicyclic amines) is 1. The minimum atomic E-state index is -0.279. The number of aromatic nitrogens is 3. The largest absolute Gasteiger partial charge is 0.339 e. The Morgan fingerprint density at radius 3 is 2.76 bits per heavy atom. The van der Waals surface area contributed by atoms with Crippen molar-refractivity contribution in [2.24, 2.45) is 5.92 Å². The van der Waals surface area contributed by atoms with E-state index in [-0.39, 0.29) is 17.7 Å². The summed E-state index contributed by atoms with van der Waals surface area (Å²) in [5.74, 6) is 0.409. The molecule has 0 aromatic carbocycles. The molecule has 7 nitrogen and oxygen atoms in total. The zero-order chi connectivity index (χ0) is 17.2. The van der Waals surface area contributed by atoms with Crippen molar-refractivity contribution < 1.29 is 9.59 Å². The molecule has 130 valence electrons. The number of anilines is 1. The summed E-state index contributed by atoms with van der Waals surface area (Å²) >= 11 is 0. The second kappa shape index (κ2) is 6.66. The van der Waals surface area contributed by atoms with E-state index in [2.05, 4.69) is 15.4 Å². The Morgan fingerprint density at radius 2 is 2.08 bits per heavy atom. The van der Waals surface area contributed by atoms with Gasteiger partial charge in [-0.3, -0.25) is 9.59 Å². The van der Waals surface area contributed by atoms with Crippen LogP contribution in [0.5, 0.6) is 0 Å². The standard InChI is InChI=1S/C18H21N5O2/c24-17-10-13(12-22(17)15-4-1-2-5-15)18(25)21-14-6-7-16(19-11-14)23-9-3-8-20-23/h3,6-9,11,13,15H,1-2,4-5,10,12H2,(H,21,25). The first-order chi connectivity index (χ1) is 12.2. The maximum Gasteiger partial charge on any atom is 0.229 e. The number of carbonyl (C=O) groups excluding carboxylic acids is 2. The van der Waals surface area contributed by atoms with Crippen molar-refractivity contribution in [3.8, 4) is 5.82 Å². The molecule has 0 spiro atoms. The van der Waals surface area contributed by atoms with Crippen LogP contribution < -0.4 is 5.32 Å². The van der Waals surface area contributed by atoms with Crippen molar-refractivity contribution in [2.75, 3.05) is 11.9 Å². The topological polar surface area (TPSA) is 80.1 Å². The molecule has 0 radical (unpaired) electrons. The Labute approximate surface area is 146 Å². The van der Waals surface area contributed by atoms with Crippen molar-refractivity contribution in [3.05, 3.63) is 36.8 Å². The summed E-state index contributed by atoms with van der Waals surface area (Å²) in [6, 6.07) is 5.76. The van der Waals surface area contributed by atoms with E-state index >= 15 is 0 Å². The van der Waals surface area contributed by atoms with Crippen LogP contribution in [0.15, 0.2) is 36.8 Å². The molecule has 25 heavy (non-hydrogen) atoms. The van der Waals surface area contributed by atoms with Gasteiger partial charge in [0.15, 0.2) is 5.82 Å². The summed E-state index contributed by atoms with van der Waals surface area (Å²) in [6.07, 6.45) is 9.91. The summed E-state index contributed by atoms with van der Waals surface area (Å²) in [5.41, 5.74) is 0.632. The quantitative estimate of drug-likeness (QED) is 0.924. The maximum absolute atomic E-state index is 12.5. The van der Waals surface area contributed by atoms with E-state index in [1.807, 2.05) is 17.2 Å². The molecule has 1 unspecified atom stereocenters. The van der Waals surface area contributed by atoms with Gasteiger partial charge in [0.05, 0.1) is 17.8 Å². The predicted molar refractivity (Wildman–Crippen MR) is 92.1 cm³/mol. The van der Waals surface area contributed by atoms with E-state index < -0.39 is 0 Å². The van der Waals surface area contributed by atoms with Crippen LogP contribution in [0.3, 0.4) is 0 Å². The van der Waals surface area contributed by atoms with E-state index in [0.29, 0.717) is 30.5 Å². The van der Waals surface area contributed by atoms with Crippen LogP contribution in [0.1, 0.15) is 32.1 Å². The van der Waals surface area contributed by atoms with Crippen molar-refractivity contribution in [1.82, 2.24) is 19.7 Å². The molecular weight excluding hydrogens is 318 g/mol. The second-order valence-electron chi connectivity index (χ2n) is 6.73. The number of nitrogens with one attached hydrogen (secondary N) is 1. The molecule has 1 saturated heterocycles. The van der Waals surface area contributed by atoms with Crippen molar-refractivity contribution >= 4 is 17.5 Å². The molecule has 1 aliphatic heterocycles. The first-order valence-electron chi connectivity index (χ1n) is 8.77. The zero-order valence-corrected chi connectivity index (χ0v) is 14.0. The van der Waals surface area contributed by atoms with Gasteiger partial charge in [0.2, 0.25) is 11.8 Å². The van der Waals surface area contributed by atoms with Crippen molar-refractivity contribution in [3.63, 3.8) is 0 Å². The average Bonchev–Trinajstić information content (AvgIpc) is 3.37. The molecule has 2 amide bonds. The van der Waals surface area contributed by atoms with Crippen LogP contribution in [0, 0.1) is 5.92 Å². The van der Waals surface area contributed by atoms with Crippen molar-refractivity contribution in [1.29, 1.82) is 0 Å². The molecule has 2 aliphatic rings. The molecule has 3 heterocycles. The molecule has 1 atom stereocenters. The van der Waals surface area contributed by atoms with Crippen LogP contribution in [0.2, 0.25) is 0 Å². The number of amides is 2. The molecule has 1 aliphatic carbocycles. The minimum absolute atomic E-state index is 0.109. The minimum Gasteiger partial charge on any atom is -0.339 e. The van der Waals surface area contributed by atoms with Gasteiger partial charge in [0, 0.05) is 31.4 Å². The molecule has 1 N–H and O–H groups in total. The molecule has 1 saturated carbocycles. The van der Waals surface area contributed by atoms with Crippen molar-refractivity contribution in [2.45, 2.75) is 38.1 Å². The normalized spacial score (nSPS) is 21.0. The van der Waals surface area contributed by atoms with Gasteiger partial charge in [-0.1, -0.05) is 12.8 Å². The van der Waals surface area contributed by atoms with Crippen LogP contribution in [-0.2, 0) is 9.59 Å². The van der Waals surface area contributed by atoms with Crippen LogP contribution in [-0.4, -0.2) is 44.1 Å². The molecular formula is C18H21N5O2. The van der Waals surface area contributed by atoms with E-state index in [1.165, 1.54) is 12.8 Å². The molecule has 4 rings (SSSR count). The van der Waals surface area contributed by atoms with E-state index in [4.69, 9.17) is 0 Å². The highest BCUT2D eigenvalue weighted by molar-refractivity contribution is 5.97. The van der Waals surface area contributed by atoms with Gasteiger partial charge in [0.25, 0.3) is 0 Å². The van der Waals surface area contributed by atoms with Gasteiger partial charge in [-0.05, 0) is 31.0 Å². The van der Waals surface area contributed by atoms with Gasteiger partial charge in [-0.2, -0.15) is 5.10 Å². The van der Waals surface area contributed by atoms with Crippen LogP contribution in [0.25, 0.3) is 5.82 Å². The fourth-order valence-corrected chi connectivity index (χ4v) is 3.72. The third-order valence-corrected chi connectivity index (χ3v) is 5.05. The predicted octanol–water partition coefficient (Wildman–Crippen LogP) is 2.00. The first-order valence-corrected chi connectivity index (χ1v) is 8.77.